The second-order valence-corrected chi connectivity index (χ2v) is 7.03. The molecule has 0 heteroatoms. The maximum absolute atomic E-state index is 9.01. The number of hydrogen-bond acceptors (Lipinski definition) is 0. The average molecular weight is 340 g/mol. The molecule has 3 aromatic carbocycles. The number of unbranched alkanes of at least 4 members (excludes halogenated alkanes) is 1. The summed E-state index contributed by atoms with van der Waals surface area (Å²) >= 11 is 0. The van der Waals surface area contributed by atoms with Gasteiger partial charge in [-0.2, -0.15) is 0 Å². The van der Waals surface area contributed by atoms with Crippen LogP contribution in [-0.2, 0) is 6.40 Å². The van der Waals surface area contributed by atoms with Crippen LogP contribution in [0.3, 0.4) is 0 Å². The van der Waals surface area contributed by atoms with Crippen molar-refractivity contribution in [3.05, 3.63) is 107 Å². The quantitative estimate of drug-likeness (QED) is 0.448. The molecule has 4 rings (SSSR count). The molecule has 0 fully saturated rings. The Morgan fingerprint density at radius 1 is 0.846 bits per heavy atom. The Morgan fingerprint density at radius 2 is 1.50 bits per heavy atom. The van der Waals surface area contributed by atoms with Crippen LogP contribution in [0.4, 0.5) is 0 Å². The fourth-order valence-corrected chi connectivity index (χ4v) is 4.05. The molecule has 1 aliphatic rings. The zero-order chi connectivity index (χ0) is 18.6. The second-order valence-electron chi connectivity index (χ2n) is 7.03. The molecule has 3 aromatic rings. The van der Waals surface area contributed by atoms with Crippen molar-refractivity contribution in [2.24, 2.45) is 0 Å². The van der Waals surface area contributed by atoms with Crippen LogP contribution in [0.15, 0.2) is 84.9 Å². The topological polar surface area (TPSA) is 0 Å². The molecule has 0 radical (unpaired) electrons. The minimum atomic E-state index is -0.313. The van der Waals surface area contributed by atoms with Crippen LogP contribution in [0, 0.1) is 0 Å². The van der Waals surface area contributed by atoms with Crippen molar-refractivity contribution in [2.45, 2.75) is 38.5 Å². The first kappa shape index (κ1) is 15.6. The zero-order valence-corrected chi connectivity index (χ0v) is 15.4. The Kier molecular flexibility index (Phi) is 4.66. The van der Waals surface area contributed by atoms with Gasteiger partial charge in [-0.05, 0) is 46.2 Å². The summed E-state index contributed by atoms with van der Waals surface area (Å²) in [6, 6.07) is 29.9. The van der Waals surface area contributed by atoms with Gasteiger partial charge < -0.3 is 0 Å². The third-order valence-corrected chi connectivity index (χ3v) is 5.32. The van der Waals surface area contributed by atoms with Crippen LogP contribution in [0.25, 0.3) is 11.1 Å². The molecular weight excluding hydrogens is 312 g/mol. The maximum atomic E-state index is 9.01. The van der Waals surface area contributed by atoms with E-state index in [1.165, 1.54) is 40.7 Å². The Hall–Kier alpha value is -2.60. The van der Waals surface area contributed by atoms with Crippen LogP contribution in [-0.4, -0.2) is 0 Å². The highest BCUT2D eigenvalue weighted by Crippen LogP contribution is 2.47. The number of allylic oxidation sites excluding steroid dienone is 2. The molecular formula is C26H26. The fraction of sp³-hybridized carbons (Fsp3) is 0.231. The summed E-state index contributed by atoms with van der Waals surface area (Å²) in [5.74, 6) is 0.331. The molecule has 130 valence electrons. The van der Waals surface area contributed by atoms with E-state index in [0.717, 1.165) is 12.0 Å². The summed E-state index contributed by atoms with van der Waals surface area (Å²) in [5.41, 5.74) is 7.49. The Labute approximate surface area is 158 Å². The van der Waals surface area contributed by atoms with Gasteiger partial charge in [-0.3, -0.25) is 0 Å². The third kappa shape index (κ3) is 3.24. The van der Waals surface area contributed by atoms with Gasteiger partial charge in [-0.25, -0.2) is 0 Å². The van der Waals surface area contributed by atoms with E-state index in [4.69, 9.17) is 1.37 Å². The summed E-state index contributed by atoms with van der Waals surface area (Å²) in [5, 5.41) is 0. The lowest BCUT2D eigenvalue weighted by atomic mass is 9.82. The van der Waals surface area contributed by atoms with E-state index in [2.05, 4.69) is 91.9 Å². The minimum Gasteiger partial charge on any atom is -0.0654 e. The first-order valence-corrected chi connectivity index (χ1v) is 9.67. The summed E-state index contributed by atoms with van der Waals surface area (Å²) in [6.45, 7) is 2.25. The van der Waals surface area contributed by atoms with E-state index in [-0.39, 0.29) is 6.40 Å². The van der Waals surface area contributed by atoms with E-state index in [1.807, 2.05) is 0 Å². The van der Waals surface area contributed by atoms with Crippen LogP contribution in [0.2, 0.25) is 0 Å². The minimum absolute atomic E-state index is 0.313. The third-order valence-electron chi connectivity index (χ3n) is 5.32. The van der Waals surface area contributed by atoms with Gasteiger partial charge in [0, 0.05) is 7.29 Å². The molecule has 0 amide bonds. The summed E-state index contributed by atoms with van der Waals surface area (Å²) in [6.07, 6.45) is 3.18. The molecule has 2 atom stereocenters. The molecule has 0 aliphatic heterocycles. The molecule has 0 saturated heterocycles. The van der Waals surface area contributed by atoms with Crippen LogP contribution in [0.5, 0.6) is 0 Å². The van der Waals surface area contributed by atoms with Crippen molar-refractivity contribution in [3.63, 3.8) is 0 Å². The number of rotatable bonds is 6. The fourth-order valence-electron chi connectivity index (χ4n) is 4.05. The monoisotopic (exact) mass is 339 g/mol. The number of fused-ring (bicyclic) bond motifs is 1. The highest BCUT2D eigenvalue weighted by atomic mass is 14.3. The van der Waals surface area contributed by atoms with E-state index in [0.29, 0.717) is 5.92 Å². The van der Waals surface area contributed by atoms with Gasteiger partial charge in [-0.1, -0.05) is 105 Å². The van der Waals surface area contributed by atoms with Crippen LogP contribution >= 0.6 is 0 Å². The predicted molar refractivity (Wildman–Crippen MR) is 112 cm³/mol. The van der Waals surface area contributed by atoms with Gasteiger partial charge in [0.05, 0.1) is 0 Å². The average Bonchev–Trinajstić information content (AvgIpc) is 3.03. The lowest BCUT2D eigenvalue weighted by Gasteiger charge is -2.22. The van der Waals surface area contributed by atoms with Crippen molar-refractivity contribution in [1.29, 1.82) is 0 Å². The van der Waals surface area contributed by atoms with Gasteiger partial charge in [0.25, 0.3) is 0 Å². The van der Waals surface area contributed by atoms with Crippen molar-refractivity contribution in [2.75, 3.05) is 0 Å². The number of benzene rings is 3. The molecule has 0 spiro atoms. The first-order chi connectivity index (χ1) is 13.3. The summed E-state index contributed by atoms with van der Waals surface area (Å²) in [7, 11) is 0. The molecule has 26 heavy (non-hydrogen) atoms. The smallest absolute Gasteiger partial charge is 0.0366 e. The van der Waals surface area contributed by atoms with Crippen LogP contribution < -0.4 is 0 Å². The normalized spacial score (nSPS) is 17.7. The van der Waals surface area contributed by atoms with E-state index in [1.54, 1.807) is 0 Å². The first-order valence-electron chi connectivity index (χ1n) is 10.2. The van der Waals surface area contributed by atoms with E-state index in [9.17, 15) is 0 Å². The maximum Gasteiger partial charge on any atom is 0.0366 e. The molecule has 0 N–H and O–H groups in total. The molecule has 0 saturated carbocycles. The lowest BCUT2D eigenvalue weighted by Crippen LogP contribution is -2.03. The lowest BCUT2D eigenvalue weighted by molar-refractivity contribution is 0.674. The Balaban J connectivity index is 1.94. The van der Waals surface area contributed by atoms with Gasteiger partial charge in [0.15, 0.2) is 0 Å². The van der Waals surface area contributed by atoms with Crippen molar-refractivity contribution < 1.29 is 1.37 Å². The largest absolute Gasteiger partial charge is 0.0654 e. The summed E-state index contributed by atoms with van der Waals surface area (Å²) < 4.78 is 9.01. The highest BCUT2D eigenvalue weighted by molar-refractivity contribution is 5.99. The van der Waals surface area contributed by atoms with Gasteiger partial charge in [-0.15, -0.1) is 0 Å². The van der Waals surface area contributed by atoms with Gasteiger partial charge in [0.1, 0.15) is 0 Å². The molecule has 0 nitrogen and oxygen atoms in total. The zero-order valence-electron chi connectivity index (χ0n) is 16.4. The SMILES string of the molecule is [2H]C1C(c2ccccc2)=C(C(CCCC)c2ccccc2)c2ccccc21. The standard InChI is InChI=1S/C26H26/c1-2-3-17-23(20-12-6-4-7-13-20)26-24-18-11-10-16-22(24)19-25(26)21-14-8-5-9-15-21/h4-16,18,23H,2-3,17,19H2,1H3/i19D. The van der Waals surface area contributed by atoms with Gasteiger partial charge in [0.2, 0.25) is 0 Å². The summed E-state index contributed by atoms with van der Waals surface area (Å²) in [4.78, 5) is 0. The van der Waals surface area contributed by atoms with E-state index < -0.39 is 0 Å². The molecule has 0 aromatic heterocycles. The highest BCUT2D eigenvalue weighted by Gasteiger charge is 2.28. The Bertz CT molecular complexity index is 925. The van der Waals surface area contributed by atoms with Gasteiger partial charge >= 0.3 is 0 Å². The Morgan fingerprint density at radius 3 is 2.23 bits per heavy atom. The van der Waals surface area contributed by atoms with Crippen LogP contribution in [0.1, 0.15) is 55.7 Å². The predicted octanol–water partition coefficient (Wildman–Crippen LogP) is 7.13. The number of hydrogen-bond donors (Lipinski definition) is 0. The molecule has 2 unspecified atom stereocenters. The van der Waals surface area contributed by atoms with Crippen molar-refractivity contribution >= 4 is 11.1 Å². The molecule has 0 heterocycles. The molecule has 0 bridgehead atoms. The second kappa shape index (κ2) is 7.74. The molecule has 1 aliphatic carbocycles. The van der Waals surface area contributed by atoms with E-state index >= 15 is 0 Å². The van der Waals surface area contributed by atoms with Crippen molar-refractivity contribution in [3.8, 4) is 0 Å². The van der Waals surface area contributed by atoms with Crippen molar-refractivity contribution in [1.82, 2.24) is 0 Å².